The van der Waals surface area contributed by atoms with E-state index >= 15 is 0 Å². The Kier molecular flexibility index (Phi) is 10.3. The number of thioether (sulfide) groups is 1. The summed E-state index contributed by atoms with van der Waals surface area (Å²) in [6.45, 7) is 7.70. The molecule has 1 heterocycles. The molecule has 0 bridgehead atoms. The molecule has 42 heavy (non-hydrogen) atoms. The van der Waals surface area contributed by atoms with Crippen molar-refractivity contribution in [3.63, 3.8) is 0 Å². The van der Waals surface area contributed by atoms with Gasteiger partial charge in [0.2, 0.25) is 5.91 Å². The topological polar surface area (TPSA) is 108 Å². The van der Waals surface area contributed by atoms with Gasteiger partial charge in [-0.3, -0.25) is 14.4 Å². The van der Waals surface area contributed by atoms with Crippen molar-refractivity contribution in [2.45, 2.75) is 63.6 Å². The van der Waals surface area contributed by atoms with Crippen LogP contribution in [0.3, 0.4) is 0 Å². The summed E-state index contributed by atoms with van der Waals surface area (Å²) in [5.74, 6) is -0.485. The molecule has 4 rings (SSSR count). The lowest BCUT2D eigenvalue weighted by Crippen LogP contribution is -2.59. The normalized spacial score (nSPS) is 17.3. The summed E-state index contributed by atoms with van der Waals surface area (Å²) in [7, 11) is 0. The number of nitrogens with zero attached hydrogens (tertiary/aromatic N) is 1. The van der Waals surface area contributed by atoms with Gasteiger partial charge < -0.3 is 25.4 Å². The van der Waals surface area contributed by atoms with Crippen LogP contribution in [-0.4, -0.2) is 63.1 Å². The number of aryl methyl sites for hydroxylation is 2. The molecule has 0 unspecified atom stereocenters. The predicted octanol–water partition coefficient (Wildman–Crippen LogP) is 3.77. The molecule has 3 aromatic rings. The fourth-order valence-corrected chi connectivity index (χ4v) is 6.30. The highest BCUT2D eigenvalue weighted by Crippen LogP contribution is 2.40. The number of ether oxygens (including phenoxy) is 1. The first kappa shape index (κ1) is 31.1. The lowest BCUT2D eigenvalue weighted by Gasteiger charge is -2.33. The Morgan fingerprint density at radius 1 is 0.952 bits per heavy atom. The third kappa shape index (κ3) is 7.72. The van der Waals surface area contributed by atoms with Crippen LogP contribution >= 0.6 is 11.8 Å². The molecule has 3 amide bonds. The molecule has 1 fully saturated rings. The smallest absolute Gasteiger partial charge is 0.258 e. The van der Waals surface area contributed by atoms with E-state index in [-0.39, 0.29) is 24.8 Å². The number of amides is 3. The lowest BCUT2D eigenvalue weighted by atomic mass is 9.97. The summed E-state index contributed by atoms with van der Waals surface area (Å²) < 4.78 is 5.24. The second kappa shape index (κ2) is 13.9. The molecule has 0 aromatic heterocycles. The molecule has 3 N–H and O–H groups in total. The summed E-state index contributed by atoms with van der Waals surface area (Å²) in [5.41, 5.74) is 3.61. The van der Waals surface area contributed by atoms with Gasteiger partial charge in [0, 0.05) is 11.3 Å². The van der Waals surface area contributed by atoms with Crippen LogP contribution < -0.4 is 15.4 Å². The number of hydrogen-bond donors (Lipinski definition) is 3. The van der Waals surface area contributed by atoms with Crippen LogP contribution in [0.25, 0.3) is 0 Å². The number of aliphatic hydroxyl groups is 1. The van der Waals surface area contributed by atoms with Gasteiger partial charge in [-0.05, 0) is 56.4 Å². The lowest BCUT2D eigenvalue weighted by molar-refractivity contribution is -0.148. The molecule has 0 saturated carbocycles. The number of hydrogen-bond acceptors (Lipinski definition) is 6. The monoisotopic (exact) mass is 589 g/mol. The number of nitrogens with one attached hydrogen (secondary N) is 2. The highest BCUT2D eigenvalue weighted by Gasteiger charge is 2.49. The van der Waals surface area contributed by atoms with Gasteiger partial charge in [-0.1, -0.05) is 78.9 Å². The van der Waals surface area contributed by atoms with E-state index in [1.54, 1.807) is 0 Å². The zero-order chi connectivity index (χ0) is 30.3. The summed E-state index contributed by atoms with van der Waals surface area (Å²) in [6.07, 6.45) is -1.36. The van der Waals surface area contributed by atoms with Crippen LogP contribution in [0.2, 0.25) is 0 Å². The van der Waals surface area contributed by atoms with E-state index in [0.717, 1.165) is 22.3 Å². The first-order valence-electron chi connectivity index (χ1n) is 14.0. The Hall–Kier alpha value is -3.82. The third-order valence-electron chi connectivity index (χ3n) is 7.42. The van der Waals surface area contributed by atoms with Gasteiger partial charge in [0.1, 0.15) is 11.8 Å². The van der Waals surface area contributed by atoms with E-state index in [2.05, 4.69) is 10.6 Å². The summed E-state index contributed by atoms with van der Waals surface area (Å²) >= 11 is 1.48. The first-order valence-corrected chi connectivity index (χ1v) is 15.0. The summed E-state index contributed by atoms with van der Waals surface area (Å²) in [6, 6.07) is 22.9. The molecular formula is C33H39N3O5S. The molecule has 0 radical (unpaired) electrons. The summed E-state index contributed by atoms with van der Waals surface area (Å²) in [4.78, 5) is 41.7. The number of carbonyl (C=O) groups is 3. The Morgan fingerprint density at radius 2 is 1.55 bits per heavy atom. The average Bonchev–Trinajstić information content (AvgIpc) is 3.30. The van der Waals surface area contributed by atoms with Crippen molar-refractivity contribution in [1.82, 2.24) is 15.5 Å². The molecule has 3 aromatic carbocycles. The molecule has 9 heteroatoms. The molecular weight excluding hydrogens is 550 g/mol. The van der Waals surface area contributed by atoms with E-state index in [9.17, 15) is 19.5 Å². The van der Waals surface area contributed by atoms with Crippen LogP contribution in [0.5, 0.6) is 5.75 Å². The van der Waals surface area contributed by atoms with Gasteiger partial charge in [0.15, 0.2) is 12.7 Å². The van der Waals surface area contributed by atoms with Crippen LogP contribution in [0.15, 0.2) is 78.9 Å². The van der Waals surface area contributed by atoms with E-state index < -0.39 is 34.7 Å². The second-order valence-electron chi connectivity index (χ2n) is 11.1. The van der Waals surface area contributed by atoms with E-state index in [4.69, 9.17) is 4.74 Å². The number of aliphatic hydroxyl groups excluding tert-OH is 1. The van der Waals surface area contributed by atoms with Crippen molar-refractivity contribution in [3.8, 4) is 5.75 Å². The number of carbonyl (C=O) groups excluding carboxylic acids is 3. The SMILES string of the molecule is Cc1cccc(C)c1OCC(=O)N[C@@H](Cc1ccccc1)[C@H](O)C(=O)N1CSC(C)(C)[C@H]1C(=O)NCc1ccccc1. The highest BCUT2D eigenvalue weighted by atomic mass is 32.2. The third-order valence-corrected chi connectivity index (χ3v) is 8.80. The molecule has 1 aliphatic heterocycles. The minimum Gasteiger partial charge on any atom is -0.483 e. The van der Waals surface area contributed by atoms with Crippen molar-refractivity contribution in [1.29, 1.82) is 0 Å². The zero-order valence-corrected chi connectivity index (χ0v) is 25.3. The highest BCUT2D eigenvalue weighted by molar-refractivity contribution is 8.00. The Morgan fingerprint density at radius 3 is 2.17 bits per heavy atom. The largest absolute Gasteiger partial charge is 0.483 e. The van der Waals surface area contributed by atoms with Crippen molar-refractivity contribution in [3.05, 3.63) is 101 Å². The van der Waals surface area contributed by atoms with Gasteiger partial charge in [0.05, 0.1) is 11.9 Å². The number of para-hydroxylation sites is 1. The van der Waals surface area contributed by atoms with Gasteiger partial charge in [0.25, 0.3) is 11.8 Å². The molecule has 0 spiro atoms. The molecule has 1 saturated heterocycles. The Labute approximate surface area is 251 Å². The molecule has 3 atom stereocenters. The maximum absolute atomic E-state index is 13.8. The number of benzene rings is 3. The molecule has 222 valence electrons. The zero-order valence-electron chi connectivity index (χ0n) is 24.5. The summed E-state index contributed by atoms with van der Waals surface area (Å²) in [5, 5.41) is 17.2. The Bertz CT molecular complexity index is 1360. The fraction of sp³-hybridized carbons (Fsp3) is 0.364. The minimum atomic E-state index is -1.58. The van der Waals surface area contributed by atoms with E-state index in [1.165, 1.54) is 16.7 Å². The Balaban J connectivity index is 1.49. The van der Waals surface area contributed by atoms with Crippen LogP contribution in [0.4, 0.5) is 0 Å². The second-order valence-corrected chi connectivity index (χ2v) is 12.7. The van der Waals surface area contributed by atoms with Gasteiger partial charge >= 0.3 is 0 Å². The fourth-order valence-electron chi connectivity index (χ4n) is 5.16. The molecule has 1 aliphatic rings. The van der Waals surface area contributed by atoms with Gasteiger partial charge in [-0.25, -0.2) is 0 Å². The minimum absolute atomic E-state index is 0.220. The van der Waals surface area contributed by atoms with Crippen LogP contribution in [0, 0.1) is 13.8 Å². The maximum atomic E-state index is 13.8. The standard InChI is InChI=1S/C33H39N3O5S/c1-22-12-11-13-23(2)29(22)41-20-27(37)35-26(18-24-14-7-5-8-15-24)28(38)32(40)36-21-42-33(3,4)30(36)31(39)34-19-25-16-9-6-10-17-25/h5-17,26,28,30,38H,18-21H2,1-4H3,(H,34,39)(H,35,37)/t26-,28-,30+/m0/s1. The quantitative estimate of drug-likeness (QED) is 0.314. The van der Waals surface area contributed by atoms with E-state index in [0.29, 0.717) is 12.3 Å². The maximum Gasteiger partial charge on any atom is 0.258 e. The van der Waals surface area contributed by atoms with Gasteiger partial charge in [-0.2, -0.15) is 0 Å². The average molecular weight is 590 g/mol. The molecule has 0 aliphatic carbocycles. The van der Waals surface area contributed by atoms with Crippen molar-refractivity contribution in [2.24, 2.45) is 0 Å². The van der Waals surface area contributed by atoms with Crippen molar-refractivity contribution in [2.75, 3.05) is 12.5 Å². The molecule has 8 nitrogen and oxygen atoms in total. The predicted molar refractivity (Wildman–Crippen MR) is 165 cm³/mol. The number of rotatable bonds is 11. The first-order chi connectivity index (χ1) is 20.1. The van der Waals surface area contributed by atoms with Crippen LogP contribution in [-0.2, 0) is 27.3 Å². The van der Waals surface area contributed by atoms with Crippen molar-refractivity contribution >= 4 is 29.5 Å². The van der Waals surface area contributed by atoms with Crippen LogP contribution in [0.1, 0.15) is 36.1 Å². The van der Waals surface area contributed by atoms with Gasteiger partial charge in [-0.15, -0.1) is 11.8 Å². The van der Waals surface area contributed by atoms with E-state index in [1.807, 2.05) is 107 Å². The van der Waals surface area contributed by atoms with Crippen molar-refractivity contribution < 1.29 is 24.2 Å².